The van der Waals surface area contributed by atoms with Crippen molar-refractivity contribution in [1.82, 2.24) is 4.90 Å². The summed E-state index contributed by atoms with van der Waals surface area (Å²) in [7, 11) is 0. The minimum Gasteiger partial charge on any atom is -0.444 e. The van der Waals surface area contributed by atoms with Gasteiger partial charge >= 0.3 is 6.09 Å². The molecule has 2 rings (SSSR count). The Morgan fingerprint density at radius 2 is 1.89 bits per heavy atom. The third-order valence-corrected chi connectivity index (χ3v) is 4.16. The maximum atomic E-state index is 12.2. The van der Waals surface area contributed by atoms with Gasteiger partial charge in [0, 0.05) is 25.3 Å². The normalized spacial score (nSPS) is 16.3. The molecule has 28 heavy (non-hydrogen) atoms. The fourth-order valence-electron chi connectivity index (χ4n) is 2.84. The summed E-state index contributed by atoms with van der Waals surface area (Å²) < 4.78 is 5.47. The van der Waals surface area contributed by atoms with Gasteiger partial charge in [-0.25, -0.2) is 4.79 Å². The smallest absolute Gasteiger partial charge is 0.410 e. The van der Waals surface area contributed by atoms with Crippen LogP contribution in [0.25, 0.3) is 0 Å². The Morgan fingerprint density at radius 3 is 2.50 bits per heavy atom. The topological polar surface area (TPSA) is 114 Å². The zero-order valence-electron chi connectivity index (χ0n) is 16.5. The van der Waals surface area contributed by atoms with E-state index in [1.165, 1.54) is 0 Å². The highest BCUT2D eigenvalue weighted by Crippen LogP contribution is 2.21. The lowest BCUT2D eigenvalue weighted by molar-refractivity contribution is 0.0172. The molecule has 2 N–H and O–H groups in total. The second kappa shape index (κ2) is 9.61. The summed E-state index contributed by atoms with van der Waals surface area (Å²) >= 11 is 0. The number of carbonyl (C=O) groups excluding carboxylic acids is 1. The summed E-state index contributed by atoms with van der Waals surface area (Å²) in [5, 5.41) is 24.4. The van der Waals surface area contributed by atoms with E-state index < -0.39 is 5.60 Å². The van der Waals surface area contributed by atoms with Gasteiger partial charge in [0.15, 0.2) is 0 Å². The Bertz CT molecular complexity index is 767. The monoisotopic (exact) mass is 382 g/mol. The molecule has 0 bridgehead atoms. The van der Waals surface area contributed by atoms with Crippen LogP contribution in [0.2, 0.25) is 0 Å². The Hall–Kier alpha value is -3.26. The Balaban J connectivity index is 1.83. The summed E-state index contributed by atoms with van der Waals surface area (Å²) in [4.78, 5) is 14.0. The standard InChI is InChI=1S/C20H26N6O2/c1-20(2,3)28-19(27)26-10-4-5-15(14-26)13-23-16-6-8-17(9-7-16)24-25-18(11-21)12-22/h6-9,15,23-24H,4-5,10,13-14H2,1-3H3. The number of ether oxygens (including phenoxy) is 1. The molecule has 0 saturated carbocycles. The average Bonchev–Trinajstić information content (AvgIpc) is 2.67. The van der Waals surface area contributed by atoms with Crippen molar-refractivity contribution >= 4 is 23.2 Å². The maximum absolute atomic E-state index is 12.2. The van der Waals surface area contributed by atoms with Crippen LogP contribution in [0, 0.1) is 28.6 Å². The molecule has 0 radical (unpaired) electrons. The summed E-state index contributed by atoms with van der Waals surface area (Å²) in [5.74, 6) is 0.359. The average molecular weight is 382 g/mol. The molecule has 148 valence electrons. The van der Waals surface area contributed by atoms with Crippen LogP contribution in [0.5, 0.6) is 0 Å². The van der Waals surface area contributed by atoms with Crippen LogP contribution in [-0.2, 0) is 4.74 Å². The van der Waals surface area contributed by atoms with Crippen molar-refractivity contribution in [3.05, 3.63) is 24.3 Å². The van der Waals surface area contributed by atoms with Crippen molar-refractivity contribution in [1.29, 1.82) is 10.5 Å². The fourth-order valence-corrected chi connectivity index (χ4v) is 2.84. The first-order valence-electron chi connectivity index (χ1n) is 9.26. The van der Waals surface area contributed by atoms with Gasteiger partial charge in [0.25, 0.3) is 0 Å². The molecule has 1 fully saturated rings. The first-order chi connectivity index (χ1) is 13.3. The van der Waals surface area contributed by atoms with Crippen LogP contribution < -0.4 is 10.7 Å². The summed E-state index contributed by atoms with van der Waals surface area (Å²) in [6, 6.07) is 10.8. The van der Waals surface area contributed by atoms with Crippen LogP contribution >= 0.6 is 0 Å². The number of hydrogen-bond acceptors (Lipinski definition) is 7. The number of nitrogens with one attached hydrogen (secondary N) is 2. The van der Waals surface area contributed by atoms with E-state index in [4.69, 9.17) is 15.3 Å². The van der Waals surface area contributed by atoms with E-state index in [-0.39, 0.29) is 11.8 Å². The Kier molecular flexibility index (Phi) is 7.22. The third-order valence-electron chi connectivity index (χ3n) is 4.16. The lowest BCUT2D eigenvalue weighted by Crippen LogP contribution is -2.44. The van der Waals surface area contributed by atoms with Gasteiger partial charge in [-0.2, -0.15) is 15.6 Å². The van der Waals surface area contributed by atoms with E-state index in [9.17, 15) is 4.79 Å². The van der Waals surface area contributed by atoms with Crippen molar-refractivity contribution in [2.45, 2.75) is 39.2 Å². The number of hydrogen-bond donors (Lipinski definition) is 2. The second-order valence-electron chi connectivity index (χ2n) is 7.69. The number of likely N-dealkylation sites (tertiary alicyclic amines) is 1. The Labute approximate surface area is 165 Å². The van der Waals surface area contributed by atoms with Crippen LogP contribution in [-0.4, -0.2) is 41.9 Å². The van der Waals surface area contributed by atoms with Crippen molar-refractivity contribution in [2.24, 2.45) is 11.0 Å². The van der Waals surface area contributed by atoms with E-state index in [2.05, 4.69) is 15.8 Å². The van der Waals surface area contributed by atoms with Gasteiger partial charge in [-0.15, -0.1) is 0 Å². The molecule has 1 saturated heterocycles. The SMILES string of the molecule is CC(C)(C)OC(=O)N1CCCC(CNc2ccc(NN=C(C#N)C#N)cc2)C1. The number of anilines is 2. The first-order valence-corrected chi connectivity index (χ1v) is 9.26. The molecule has 1 amide bonds. The fraction of sp³-hybridized carbons (Fsp3) is 0.500. The summed E-state index contributed by atoms with van der Waals surface area (Å²) in [6.07, 6.45) is 1.78. The highest BCUT2D eigenvalue weighted by Gasteiger charge is 2.27. The quantitative estimate of drug-likeness (QED) is 0.594. The molecule has 0 spiro atoms. The van der Waals surface area contributed by atoms with E-state index in [0.717, 1.165) is 31.6 Å². The molecule has 1 aliphatic heterocycles. The molecule has 1 aromatic rings. The third kappa shape index (κ3) is 6.81. The molecule has 1 heterocycles. The molecule has 8 heteroatoms. The number of piperidine rings is 1. The lowest BCUT2D eigenvalue weighted by Gasteiger charge is -2.34. The molecule has 1 aliphatic rings. The van der Waals surface area contributed by atoms with Crippen molar-refractivity contribution < 1.29 is 9.53 Å². The van der Waals surface area contributed by atoms with Gasteiger partial charge < -0.3 is 15.0 Å². The minimum atomic E-state index is -0.483. The highest BCUT2D eigenvalue weighted by molar-refractivity contribution is 6.10. The molecular weight excluding hydrogens is 356 g/mol. The lowest BCUT2D eigenvalue weighted by atomic mass is 9.98. The predicted molar refractivity (Wildman–Crippen MR) is 108 cm³/mol. The highest BCUT2D eigenvalue weighted by atomic mass is 16.6. The number of amides is 1. The number of nitriles is 2. The van der Waals surface area contributed by atoms with E-state index >= 15 is 0 Å². The van der Waals surface area contributed by atoms with Gasteiger partial charge in [-0.3, -0.25) is 5.43 Å². The molecule has 1 aromatic carbocycles. The zero-order chi connectivity index (χ0) is 20.6. The van der Waals surface area contributed by atoms with Gasteiger partial charge in [0.05, 0.1) is 5.69 Å². The number of hydrazone groups is 1. The van der Waals surface area contributed by atoms with Gasteiger partial charge in [-0.1, -0.05) is 0 Å². The maximum Gasteiger partial charge on any atom is 0.410 e. The predicted octanol–water partition coefficient (Wildman–Crippen LogP) is 3.56. The summed E-state index contributed by atoms with van der Waals surface area (Å²) in [5.41, 5.74) is 3.59. The molecular formula is C20H26N6O2. The number of rotatable bonds is 5. The van der Waals surface area contributed by atoms with E-state index in [1.807, 2.05) is 45.0 Å². The molecule has 0 aromatic heterocycles. The molecule has 1 atom stereocenters. The van der Waals surface area contributed by atoms with Crippen LogP contribution in [0.1, 0.15) is 33.6 Å². The van der Waals surface area contributed by atoms with Crippen LogP contribution in [0.15, 0.2) is 29.4 Å². The Morgan fingerprint density at radius 1 is 1.25 bits per heavy atom. The first kappa shape index (κ1) is 21.0. The van der Waals surface area contributed by atoms with Crippen LogP contribution in [0.3, 0.4) is 0 Å². The largest absolute Gasteiger partial charge is 0.444 e. The van der Waals surface area contributed by atoms with E-state index in [0.29, 0.717) is 18.2 Å². The van der Waals surface area contributed by atoms with Crippen molar-refractivity contribution in [3.8, 4) is 12.1 Å². The van der Waals surface area contributed by atoms with Gasteiger partial charge in [-0.05, 0) is 63.8 Å². The minimum absolute atomic E-state index is 0.228. The van der Waals surface area contributed by atoms with E-state index in [1.54, 1.807) is 17.0 Å². The van der Waals surface area contributed by atoms with Crippen molar-refractivity contribution in [2.75, 3.05) is 30.4 Å². The number of carbonyl (C=O) groups is 1. The number of nitrogens with zero attached hydrogens (tertiary/aromatic N) is 4. The van der Waals surface area contributed by atoms with Gasteiger partial charge in [0.1, 0.15) is 17.7 Å². The molecule has 8 nitrogen and oxygen atoms in total. The number of benzene rings is 1. The van der Waals surface area contributed by atoms with Gasteiger partial charge in [0.2, 0.25) is 5.71 Å². The van der Waals surface area contributed by atoms with Crippen molar-refractivity contribution in [3.63, 3.8) is 0 Å². The zero-order valence-corrected chi connectivity index (χ0v) is 16.5. The summed E-state index contributed by atoms with van der Waals surface area (Å²) in [6.45, 7) is 7.80. The van der Waals surface area contributed by atoms with Crippen LogP contribution in [0.4, 0.5) is 16.2 Å². The second-order valence-corrected chi connectivity index (χ2v) is 7.69. The molecule has 1 unspecified atom stereocenters. The molecule has 0 aliphatic carbocycles.